The molecular formula is C20H20FN3O2S2. The number of anilines is 1. The van der Waals surface area contributed by atoms with Crippen LogP contribution in [0.5, 0.6) is 0 Å². The van der Waals surface area contributed by atoms with E-state index in [-0.39, 0.29) is 10.7 Å². The predicted molar refractivity (Wildman–Crippen MR) is 110 cm³/mol. The Morgan fingerprint density at radius 2 is 1.54 bits per heavy atom. The van der Waals surface area contributed by atoms with Crippen LogP contribution in [-0.4, -0.2) is 26.5 Å². The Labute approximate surface area is 167 Å². The first-order chi connectivity index (χ1) is 13.4. The second kappa shape index (κ2) is 7.62. The van der Waals surface area contributed by atoms with Crippen LogP contribution in [0.3, 0.4) is 0 Å². The summed E-state index contributed by atoms with van der Waals surface area (Å²) < 4.78 is 36.5. The Hall–Kier alpha value is -2.29. The Kier molecular flexibility index (Phi) is 5.18. The first kappa shape index (κ1) is 19.0. The molecule has 1 aromatic heterocycles. The molecule has 1 saturated heterocycles. The van der Waals surface area contributed by atoms with Gasteiger partial charge in [-0.15, -0.1) is 0 Å². The third-order valence-electron chi connectivity index (χ3n) is 4.81. The molecule has 2 aromatic carbocycles. The predicted octanol–water partition coefficient (Wildman–Crippen LogP) is 4.25. The summed E-state index contributed by atoms with van der Waals surface area (Å²) in [6.45, 7) is 1.94. The van der Waals surface area contributed by atoms with Gasteiger partial charge in [-0.3, -0.25) is 0 Å². The summed E-state index contributed by atoms with van der Waals surface area (Å²) in [4.78, 5) is 8.14. The number of piperidine rings is 1. The van der Waals surface area contributed by atoms with Gasteiger partial charge in [0.25, 0.3) is 0 Å². The van der Waals surface area contributed by atoms with E-state index in [0.29, 0.717) is 0 Å². The number of benzene rings is 2. The second-order valence-electron chi connectivity index (χ2n) is 6.80. The van der Waals surface area contributed by atoms with Crippen LogP contribution in [0.4, 0.5) is 9.52 Å². The van der Waals surface area contributed by atoms with Gasteiger partial charge >= 0.3 is 0 Å². The number of thiazole rings is 1. The van der Waals surface area contributed by atoms with Gasteiger partial charge in [-0.25, -0.2) is 22.9 Å². The van der Waals surface area contributed by atoms with Gasteiger partial charge in [-0.2, -0.15) is 0 Å². The lowest BCUT2D eigenvalue weighted by Gasteiger charge is -2.25. The Balaban J connectivity index is 1.79. The van der Waals surface area contributed by atoms with E-state index in [1.165, 1.54) is 30.7 Å². The largest absolute Gasteiger partial charge is 0.348 e. The van der Waals surface area contributed by atoms with Crippen molar-refractivity contribution in [1.82, 2.24) is 4.98 Å². The molecule has 0 radical (unpaired) electrons. The van der Waals surface area contributed by atoms with Crippen molar-refractivity contribution in [3.05, 3.63) is 54.3 Å². The number of rotatable bonds is 4. The van der Waals surface area contributed by atoms with Crippen LogP contribution in [0.15, 0.2) is 53.4 Å². The first-order valence-electron chi connectivity index (χ1n) is 9.07. The fourth-order valence-electron chi connectivity index (χ4n) is 3.32. The van der Waals surface area contributed by atoms with Crippen molar-refractivity contribution in [3.8, 4) is 21.7 Å². The number of hydrogen-bond donors (Lipinski definition) is 1. The molecule has 1 fully saturated rings. The fraction of sp³-hybridized carbons (Fsp3) is 0.250. The number of nitrogens with zero attached hydrogens (tertiary/aromatic N) is 2. The van der Waals surface area contributed by atoms with Crippen molar-refractivity contribution in [2.24, 2.45) is 5.14 Å². The summed E-state index contributed by atoms with van der Waals surface area (Å²) in [7, 11) is -3.74. The Morgan fingerprint density at radius 3 is 2.14 bits per heavy atom. The van der Waals surface area contributed by atoms with Crippen molar-refractivity contribution in [2.45, 2.75) is 24.2 Å². The number of aromatic nitrogens is 1. The smallest absolute Gasteiger partial charge is 0.238 e. The Morgan fingerprint density at radius 1 is 0.929 bits per heavy atom. The van der Waals surface area contributed by atoms with Crippen LogP contribution < -0.4 is 10.0 Å². The average molecular weight is 418 g/mol. The normalized spacial score (nSPS) is 15.0. The van der Waals surface area contributed by atoms with E-state index in [0.717, 1.165) is 52.8 Å². The van der Waals surface area contributed by atoms with Gasteiger partial charge < -0.3 is 4.90 Å². The number of primary sulfonamides is 1. The van der Waals surface area contributed by atoms with Crippen molar-refractivity contribution in [3.63, 3.8) is 0 Å². The van der Waals surface area contributed by atoms with Crippen LogP contribution in [0.2, 0.25) is 0 Å². The highest BCUT2D eigenvalue weighted by atomic mass is 32.2. The lowest BCUT2D eigenvalue weighted by Crippen LogP contribution is -2.29. The van der Waals surface area contributed by atoms with Gasteiger partial charge in [0.2, 0.25) is 10.0 Å². The number of nitrogens with two attached hydrogens (primary N) is 1. The Bertz CT molecular complexity index is 1070. The molecule has 146 valence electrons. The van der Waals surface area contributed by atoms with E-state index < -0.39 is 10.0 Å². The molecular weight excluding hydrogens is 397 g/mol. The van der Waals surface area contributed by atoms with Crippen molar-refractivity contribution >= 4 is 26.5 Å². The molecule has 4 rings (SSSR count). The molecule has 1 aliphatic heterocycles. The molecule has 2 N–H and O–H groups in total. The third-order valence-corrected chi connectivity index (χ3v) is 6.90. The molecule has 0 atom stereocenters. The second-order valence-corrected chi connectivity index (χ2v) is 9.34. The maximum Gasteiger partial charge on any atom is 0.238 e. The summed E-state index contributed by atoms with van der Waals surface area (Å²) >= 11 is 1.57. The van der Waals surface area contributed by atoms with Gasteiger partial charge in [0.1, 0.15) is 5.82 Å². The standard InChI is InChI=1S/C20H20FN3O2S2/c21-16-8-4-14(5-9-16)18-19(15-6-10-17(11-7-15)28(22,25)26)27-20(23-18)24-12-2-1-3-13-24/h4-11H,1-3,12-13H2,(H2,22,25,26). The van der Waals surface area contributed by atoms with Crippen LogP contribution in [-0.2, 0) is 10.0 Å². The lowest BCUT2D eigenvalue weighted by atomic mass is 10.1. The van der Waals surface area contributed by atoms with Crippen molar-refractivity contribution in [1.29, 1.82) is 0 Å². The van der Waals surface area contributed by atoms with Gasteiger partial charge in [-0.1, -0.05) is 23.5 Å². The minimum atomic E-state index is -3.74. The monoisotopic (exact) mass is 417 g/mol. The number of halogens is 1. The minimum Gasteiger partial charge on any atom is -0.348 e. The van der Waals surface area contributed by atoms with E-state index in [4.69, 9.17) is 10.1 Å². The van der Waals surface area contributed by atoms with Crippen LogP contribution >= 0.6 is 11.3 Å². The van der Waals surface area contributed by atoms with E-state index in [1.54, 1.807) is 35.6 Å². The zero-order valence-electron chi connectivity index (χ0n) is 15.1. The maximum absolute atomic E-state index is 13.4. The summed E-state index contributed by atoms with van der Waals surface area (Å²) in [5, 5.41) is 6.14. The van der Waals surface area contributed by atoms with E-state index >= 15 is 0 Å². The molecule has 0 bridgehead atoms. The van der Waals surface area contributed by atoms with E-state index in [1.807, 2.05) is 0 Å². The van der Waals surface area contributed by atoms with Gasteiger partial charge in [0.15, 0.2) is 5.13 Å². The van der Waals surface area contributed by atoms with Gasteiger partial charge in [0, 0.05) is 18.7 Å². The SMILES string of the molecule is NS(=O)(=O)c1ccc(-c2sc(N3CCCCC3)nc2-c2ccc(F)cc2)cc1. The maximum atomic E-state index is 13.4. The van der Waals surface area contributed by atoms with Gasteiger partial charge in [0.05, 0.1) is 15.5 Å². The minimum absolute atomic E-state index is 0.0698. The molecule has 8 heteroatoms. The highest BCUT2D eigenvalue weighted by Gasteiger charge is 2.20. The molecule has 28 heavy (non-hydrogen) atoms. The van der Waals surface area contributed by atoms with E-state index in [2.05, 4.69) is 4.90 Å². The van der Waals surface area contributed by atoms with Crippen LogP contribution in [0, 0.1) is 5.82 Å². The topological polar surface area (TPSA) is 76.3 Å². The highest BCUT2D eigenvalue weighted by molar-refractivity contribution is 7.89. The molecule has 1 aliphatic rings. The third kappa shape index (κ3) is 3.94. The van der Waals surface area contributed by atoms with E-state index in [9.17, 15) is 12.8 Å². The van der Waals surface area contributed by atoms with Crippen molar-refractivity contribution in [2.75, 3.05) is 18.0 Å². The highest BCUT2D eigenvalue weighted by Crippen LogP contribution is 2.41. The molecule has 0 saturated carbocycles. The van der Waals surface area contributed by atoms with Crippen LogP contribution in [0.1, 0.15) is 19.3 Å². The molecule has 0 aliphatic carbocycles. The zero-order valence-corrected chi connectivity index (χ0v) is 16.8. The molecule has 3 aromatic rings. The van der Waals surface area contributed by atoms with Gasteiger partial charge in [-0.05, 0) is 61.2 Å². The number of hydrogen-bond acceptors (Lipinski definition) is 5. The summed E-state index contributed by atoms with van der Waals surface area (Å²) in [6, 6.07) is 12.7. The first-order valence-corrected chi connectivity index (χ1v) is 11.4. The average Bonchev–Trinajstić information content (AvgIpc) is 3.14. The molecule has 2 heterocycles. The van der Waals surface area contributed by atoms with Crippen molar-refractivity contribution < 1.29 is 12.8 Å². The molecule has 0 spiro atoms. The quantitative estimate of drug-likeness (QED) is 0.688. The molecule has 5 nitrogen and oxygen atoms in total. The molecule has 0 amide bonds. The van der Waals surface area contributed by atoms with Crippen LogP contribution in [0.25, 0.3) is 21.7 Å². The summed E-state index contributed by atoms with van der Waals surface area (Å²) in [6.07, 6.45) is 3.52. The lowest BCUT2D eigenvalue weighted by molar-refractivity contribution is 0.577. The summed E-state index contributed by atoms with van der Waals surface area (Å²) in [5.41, 5.74) is 2.45. The zero-order chi connectivity index (χ0) is 19.7. The fourth-order valence-corrected chi connectivity index (χ4v) is 4.99. The molecule has 0 unspecified atom stereocenters. The summed E-state index contributed by atoms with van der Waals surface area (Å²) in [5.74, 6) is -0.297. The number of sulfonamides is 1.